The maximum atomic E-state index is 13.0. The highest BCUT2D eigenvalue weighted by molar-refractivity contribution is 6.09. The number of benzene rings is 5. The monoisotopic (exact) mass is 522 g/mol. The van der Waals surface area contributed by atoms with Gasteiger partial charge in [-0.2, -0.15) is 0 Å². The summed E-state index contributed by atoms with van der Waals surface area (Å²) in [6, 6.07) is 39.3. The highest BCUT2D eigenvalue weighted by Crippen LogP contribution is 2.55. The fourth-order valence-electron chi connectivity index (χ4n) is 6.30. The molecule has 2 heterocycles. The molecule has 1 aliphatic heterocycles. The lowest BCUT2D eigenvalue weighted by Gasteiger charge is -2.43. The van der Waals surface area contributed by atoms with Crippen LogP contribution in [0.1, 0.15) is 32.6 Å². The van der Waals surface area contributed by atoms with Crippen LogP contribution in [0.2, 0.25) is 0 Å². The Kier molecular flexibility index (Phi) is 5.35. The Morgan fingerprint density at radius 1 is 0.750 bits per heavy atom. The fourth-order valence-corrected chi connectivity index (χ4v) is 6.30. The number of aryl methyl sites for hydroxylation is 1. The Balaban J connectivity index is 1.67. The topological polar surface area (TPSA) is 51.5 Å². The molecule has 0 fully saturated rings. The van der Waals surface area contributed by atoms with Crippen molar-refractivity contribution in [3.63, 3.8) is 0 Å². The Labute approximate surface area is 231 Å². The lowest BCUT2D eigenvalue weighted by atomic mass is 9.73. The minimum atomic E-state index is -0.822. The molecule has 7 rings (SSSR count). The van der Waals surface area contributed by atoms with E-state index in [4.69, 9.17) is 4.74 Å². The number of ether oxygens (including phenoxy) is 1. The van der Waals surface area contributed by atoms with Crippen molar-refractivity contribution in [2.45, 2.75) is 12.5 Å². The van der Waals surface area contributed by atoms with Crippen molar-refractivity contribution in [1.82, 2.24) is 9.47 Å². The van der Waals surface area contributed by atoms with Crippen molar-refractivity contribution in [2.24, 2.45) is 0 Å². The van der Waals surface area contributed by atoms with Gasteiger partial charge < -0.3 is 9.30 Å². The number of hydrogen-bond donors (Lipinski definition) is 0. The van der Waals surface area contributed by atoms with Crippen molar-refractivity contribution >= 4 is 34.1 Å². The standard InChI is InChI=1S/C35H26N2O3/c1-23-21-24(19-20-25(23)34(39)36(2)22-38)35(28-13-5-9-17-32(28)40-33-18-10-6-14-29(33)35)37-30-15-7-3-11-26(30)27-12-4-8-16-31(27)37/h3-22H,1-2H3. The smallest absolute Gasteiger partial charge is 0.260 e. The van der Waals surface area contributed by atoms with E-state index in [1.165, 1.54) is 7.05 Å². The maximum absolute atomic E-state index is 13.0. The van der Waals surface area contributed by atoms with Gasteiger partial charge in [0.15, 0.2) is 0 Å². The van der Waals surface area contributed by atoms with Crippen LogP contribution in [0.15, 0.2) is 115 Å². The van der Waals surface area contributed by atoms with Gasteiger partial charge in [0, 0.05) is 34.5 Å². The van der Waals surface area contributed by atoms with Crippen LogP contribution in [0.5, 0.6) is 11.5 Å². The molecular formula is C35H26N2O3. The highest BCUT2D eigenvalue weighted by atomic mass is 16.5. The summed E-state index contributed by atoms with van der Waals surface area (Å²) >= 11 is 0. The van der Waals surface area contributed by atoms with Gasteiger partial charge in [-0.3, -0.25) is 14.5 Å². The van der Waals surface area contributed by atoms with E-state index in [1.807, 2.05) is 55.5 Å². The van der Waals surface area contributed by atoms with Gasteiger partial charge in [-0.1, -0.05) is 84.9 Å². The number of rotatable bonds is 4. The van der Waals surface area contributed by atoms with E-state index in [1.54, 1.807) is 0 Å². The van der Waals surface area contributed by atoms with E-state index in [0.717, 1.165) is 60.5 Å². The molecule has 0 saturated carbocycles. The molecule has 5 aromatic carbocycles. The predicted molar refractivity (Wildman–Crippen MR) is 157 cm³/mol. The molecule has 6 aromatic rings. The SMILES string of the molecule is Cc1cc(C2(n3c4ccccc4c4ccccc43)c3ccccc3Oc3ccccc32)ccc1C(=O)N(C)C=O. The van der Waals surface area contributed by atoms with Crippen LogP contribution in [0.25, 0.3) is 21.8 Å². The van der Waals surface area contributed by atoms with Gasteiger partial charge in [-0.05, 0) is 48.4 Å². The van der Waals surface area contributed by atoms with Crippen LogP contribution >= 0.6 is 0 Å². The third-order valence-electron chi connectivity index (χ3n) is 8.04. The minimum absolute atomic E-state index is 0.335. The number of nitrogens with zero attached hydrogens (tertiary/aromatic N) is 2. The van der Waals surface area contributed by atoms with Crippen molar-refractivity contribution in [3.05, 3.63) is 143 Å². The zero-order valence-electron chi connectivity index (χ0n) is 22.2. The molecule has 40 heavy (non-hydrogen) atoms. The first kappa shape index (κ1) is 23.9. The van der Waals surface area contributed by atoms with Crippen molar-refractivity contribution in [1.29, 1.82) is 0 Å². The Morgan fingerprint density at radius 3 is 1.82 bits per heavy atom. The summed E-state index contributed by atoms with van der Waals surface area (Å²) < 4.78 is 8.92. The number of imide groups is 1. The molecule has 2 amide bonds. The van der Waals surface area contributed by atoms with Crippen molar-refractivity contribution < 1.29 is 14.3 Å². The number of para-hydroxylation sites is 4. The summed E-state index contributed by atoms with van der Waals surface area (Å²) in [7, 11) is 1.48. The summed E-state index contributed by atoms with van der Waals surface area (Å²) in [6.45, 7) is 1.92. The van der Waals surface area contributed by atoms with E-state index >= 15 is 0 Å². The number of carbonyl (C=O) groups excluding carboxylic acids is 2. The molecule has 0 bridgehead atoms. The Bertz CT molecular complexity index is 1870. The van der Waals surface area contributed by atoms with Crippen molar-refractivity contribution in [2.75, 3.05) is 7.05 Å². The van der Waals surface area contributed by atoms with Gasteiger partial charge in [-0.15, -0.1) is 0 Å². The van der Waals surface area contributed by atoms with Gasteiger partial charge >= 0.3 is 0 Å². The Morgan fingerprint density at radius 2 is 1.27 bits per heavy atom. The van der Waals surface area contributed by atoms with Gasteiger partial charge in [0.2, 0.25) is 6.41 Å². The lowest BCUT2D eigenvalue weighted by molar-refractivity contribution is -0.115. The molecule has 0 N–H and O–H groups in total. The van der Waals surface area contributed by atoms with Gasteiger partial charge in [0.25, 0.3) is 5.91 Å². The zero-order valence-corrected chi connectivity index (χ0v) is 22.2. The molecular weight excluding hydrogens is 496 g/mol. The van der Waals surface area contributed by atoms with E-state index in [0.29, 0.717) is 12.0 Å². The first-order chi connectivity index (χ1) is 19.6. The maximum Gasteiger partial charge on any atom is 0.260 e. The van der Waals surface area contributed by atoms with Crippen LogP contribution < -0.4 is 4.74 Å². The molecule has 1 aliphatic rings. The van der Waals surface area contributed by atoms with E-state index < -0.39 is 5.54 Å². The Hall–Kier alpha value is -5.16. The lowest BCUT2D eigenvalue weighted by Crippen LogP contribution is -2.40. The summed E-state index contributed by atoms with van der Waals surface area (Å²) in [5.41, 5.74) is 5.64. The molecule has 0 spiro atoms. The number of amides is 2. The van der Waals surface area contributed by atoms with Crippen LogP contribution in [-0.2, 0) is 10.3 Å². The summed E-state index contributed by atoms with van der Waals surface area (Å²) in [5, 5.41) is 2.32. The second-order valence-corrected chi connectivity index (χ2v) is 10.2. The van der Waals surface area contributed by atoms with Crippen LogP contribution in [0, 0.1) is 6.92 Å². The third kappa shape index (κ3) is 3.21. The number of hydrogen-bond acceptors (Lipinski definition) is 3. The molecule has 0 radical (unpaired) electrons. The van der Waals surface area contributed by atoms with Crippen molar-refractivity contribution in [3.8, 4) is 11.5 Å². The fraction of sp³-hybridized carbons (Fsp3) is 0.0857. The summed E-state index contributed by atoms with van der Waals surface area (Å²) in [4.78, 5) is 25.4. The normalized spacial score (nSPS) is 13.3. The molecule has 5 heteroatoms. The molecule has 194 valence electrons. The van der Waals surface area contributed by atoms with Crippen LogP contribution in [-0.4, -0.2) is 28.8 Å². The molecule has 0 saturated heterocycles. The first-order valence-corrected chi connectivity index (χ1v) is 13.2. The summed E-state index contributed by atoms with van der Waals surface area (Å²) in [6.07, 6.45) is 0.542. The molecule has 5 nitrogen and oxygen atoms in total. The first-order valence-electron chi connectivity index (χ1n) is 13.2. The second-order valence-electron chi connectivity index (χ2n) is 10.2. The quantitative estimate of drug-likeness (QED) is 0.228. The largest absolute Gasteiger partial charge is 0.457 e. The van der Waals surface area contributed by atoms with E-state index in [9.17, 15) is 9.59 Å². The highest BCUT2D eigenvalue weighted by Gasteiger charge is 2.47. The molecule has 0 unspecified atom stereocenters. The second kappa shape index (κ2) is 8.95. The number of carbonyl (C=O) groups is 2. The molecule has 1 aromatic heterocycles. The van der Waals surface area contributed by atoms with Crippen LogP contribution in [0.3, 0.4) is 0 Å². The molecule has 0 atom stereocenters. The van der Waals surface area contributed by atoms with E-state index in [2.05, 4.69) is 71.3 Å². The predicted octanol–water partition coefficient (Wildman–Crippen LogP) is 7.28. The number of aromatic nitrogens is 1. The summed E-state index contributed by atoms with van der Waals surface area (Å²) in [5.74, 6) is 1.22. The third-order valence-corrected chi connectivity index (χ3v) is 8.04. The van der Waals surface area contributed by atoms with Gasteiger partial charge in [0.05, 0.1) is 11.0 Å². The van der Waals surface area contributed by atoms with Crippen LogP contribution in [0.4, 0.5) is 0 Å². The molecule has 0 aliphatic carbocycles. The van der Waals surface area contributed by atoms with Gasteiger partial charge in [-0.25, -0.2) is 0 Å². The van der Waals surface area contributed by atoms with E-state index in [-0.39, 0.29) is 5.91 Å². The zero-order chi connectivity index (χ0) is 27.4. The average Bonchev–Trinajstić information content (AvgIpc) is 3.34. The average molecular weight is 523 g/mol. The number of fused-ring (bicyclic) bond motifs is 5. The van der Waals surface area contributed by atoms with Gasteiger partial charge in [0.1, 0.15) is 17.0 Å². The minimum Gasteiger partial charge on any atom is -0.457 e.